The smallest absolute Gasteiger partial charge is 0.269 e. The lowest BCUT2D eigenvalue weighted by Crippen LogP contribution is -2.04. The summed E-state index contributed by atoms with van der Waals surface area (Å²) in [5, 5.41) is 9.93. The minimum atomic E-state index is -0.532. The van der Waals surface area contributed by atoms with E-state index in [1.807, 2.05) is 0 Å². The molecule has 0 aliphatic heterocycles. The van der Waals surface area contributed by atoms with Gasteiger partial charge in [0.15, 0.2) is 0 Å². The van der Waals surface area contributed by atoms with Gasteiger partial charge in [0.05, 0.1) is 4.92 Å². The molecule has 0 saturated carbocycles. The topological polar surface area (TPSA) is 77.3 Å². The van der Waals surface area contributed by atoms with Crippen LogP contribution in [0, 0.1) is 10.1 Å². The summed E-state index contributed by atoms with van der Waals surface area (Å²) in [5.41, 5.74) is 0.660. The molecule has 1 rings (SSSR count). The quantitative estimate of drug-likeness (QED) is 0.338. The van der Waals surface area contributed by atoms with Gasteiger partial charge in [-0.15, -0.1) is 0 Å². The fraction of sp³-hybridized carbons (Fsp3) is 0.273. The molecule has 1 atom stereocenters. The van der Waals surface area contributed by atoms with Gasteiger partial charge in [-0.1, -0.05) is 12.1 Å². The van der Waals surface area contributed by atoms with Crippen LogP contribution in [0.3, 0.4) is 0 Å². The predicted molar refractivity (Wildman–Crippen MR) is 62.0 cm³/mol. The number of benzene rings is 1. The zero-order valence-electron chi connectivity index (χ0n) is 8.84. The van der Waals surface area contributed by atoms with Crippen molar-refractivity contribution in [1.29, 1.82) is 0 Å². The van der Waals surface area contributed by atoms with Crippen molar-refractivity contribution in [3.8, 4) is 0 Å². The first-order valence-corrected chi connectivity index (χ1v) is 5.28. The summed E-state index contributed by atoms with van der Waals surface area (Å²) < 4.78 is 0. The fourth-order valence-electron chi connectivity index (χ4n) is 1.52. The number of hydrogen-bond donors (Lipinski definition) is 0. The van der Waals surface area contributed by atoms with Crippen molar-refractivity contribution in [2.45, 2.75) is 18.8 Å². The van der Waals surface area contributed by atoms with Crippen molar-refractivity contribution < 1.29 is 14.5 Å². The maximum absolute atomic E-state index is 10.8. The van der Waals surface area contributed by atoms with E-state index in [0.29, 0.717) is 11.8 Å². The molecular weight excluding hydrogens is 246 g/mol. The molecule has 0 aliphatic rings. The van der Waals surface area contributed by atoms with Gasteiger partial charge in [-0.3, -0.25) is 14.9 Å². The lowest BCUT2D eigenvalue weighted by atomic mass is 9.93. The van der Waals surface area contributed by atoms with Crippen molar-refractivity contribution in [1.82, 2.24) is 0 Å². The summed E-state index contributed by atoms with van der Waals surface area (Å²) >= 11 is 5.28. The van der Waals surface area contributed by atoms with Gasteiger partial charge in [-0.25, -0.2) is 0 Å². The Morgan fingerprint density at radius 2 is 2.00 bits per heavy atom. The van der Waals surface area contributed by atoms with Gasteiger partial charge in [-0.2, -0.15) is 0 Å². The molecule has 0 spiro atoms. The lowest BCUT2D eigenvalue weighted by Gasteiger charge is -2.11. The molecule has 6 heteroatoms. The molecule has 0 aliphatic carbocycles. The van der Waals surface area contributed by atoms with E-state index in [9.17, 15) is 19.7 Å². The molecule has 1 aromatic carbocycles. The third kappa shape index (κ3) is 3.96. The van der Waals surface area contributed by atoms with E-state index in [1.165, 1.54) is 24.3 Å². The predicted octanol–water partition coefficient (Wildman–Crippen LogP) is 2.42. The third-order valence-electron chi connectivity index (χ3n) is 2.36. The number of carbonyl (C=O) groups is 2. The monoisotopic (exact) mass is 255 g/mol. The van der Waals surface area contributed by atoms with E-state index in [-0.39, 0.29) is 24.4 Å². The molecule has 0 amide bonds. The number of hydrogen-bond acceptors (Lipinski definition) is 4. The van der Waals surface area contributed by atoms with Crippen LogP contribution in [-0.4, -0.2) is 16.5 Å². The maximum Gasteiger partial charge on any atom is 0.269 e. The zero-order chi connectivity index (χ0) is 12.8. The molecule has 5 nitrogen and oxygen atoms in total. The van der Waals surface area contributed by atoms with Crippen LogP contribution in [0.2, 0.25) is 0 Å². The Hall–Kier alpha value is -1.75. The molecular formula is C11H10ClNO4. The van der Waals surface area contributed by atoms with Crippen molar-refractivity contribution >= 4 is 28.8 Å². The summed E-state index contributed by atoms with van der Waals surface area (Å²) in [5.74, 6) is -0.321. The van der Waals surface area contributed by atoms with Gasteiger partial charge >= 0.3 is 0 Å². The van der Waals surface area contributed by atoms with Crippen LogP contribution in [-0.2, 0) is 9.59 Å². The van der Waals surface area contributed by atoms with E-state index in [1.54, 1.807) is 0 Å². The molecule has 0 heterocycles. The summed E-state index contributed by atoms with van der Waals surface area (Å²) in [6.45, 7) is 0. The highest BCUT2D eigenvalue weighted by molar-refractivity contribution is 6.63. The summed E-state index contributed by atoms with van der Waals surface area (Å²) in [7, 11) is 0. The molecule has 0 radical (unpaired) electrons. The largest absolute Gasteiger partial charge is 0.303 e. The molecule has 0 aromatic heterocycles. The highest BCUT2D eigenvalue weighted by Crippen LogP contribution is 2.25. The van der Waals surface area contributed by atoms with Crippen LogP contribution in [0.4, 0.5) is 5.69 Å². The Balaban J connectivity index is 2.90. The SMILES string of the molecule is O=CCC(CC(=O)Cl)c1ccc([N+](=O)[O-])cc1. The maximum atomic E-state index is 10.8. The first kappa shape index (κ1) is 13.3. The second-order valence-corrected chi connectivity index (χ2v) is 3.93. The summed E-state index contributed by atoms with van der Waals surface area (Å²) in [6, 6.07) is 5.75. The number of non-ortho nitro benzene ring substituents is 1. The Morgan fingerprint density at radius 1 is 1.41 bits per heavy atom. The van der Waals surface area contributed by atoms with E-state index in [0.717, 1.165) is 0 Å². The van der Waals surface area contributed by atoms with E-state index in [4.69, 9.17) is 11.6 Å². The minimum absolute atomic E-state index is 0.0317. The Morgan fingerprint density at radius 3 is 2.41 bits per heavy atom. The molecule has 0 N–H and O–H groups in total. The Labute approximate surface area is 103 Å². The van der Waals surface area contributed by atoms with Gasteiger partial charge in [-0.05, 0) is 23.1 Å². The number of carbonyl (C=O) groups excluding carboxylic acids is 2. The number of nitrogens with zero attached hydrogens (tertiary/aromatic N) is 1. The summed E-state index contributed by atoms with van der Waals surface area (Å²) in [4.78, 5) is 31.3. The van der Waals surface area contributed by atoms with Crippen LogP contribution in [0.15, 0.2) is 24.3 Å². The fourth-order valence-corrected chi connectivity index (χ4v) is 1.70. The standard InChI is InChI=1S/C11H10ClNO4/c12-11(15)7-9(5-6-14)8-1-3-10(4-2-8)13(16)17/h1-4,6,9H,5,7H2. The van der Waals surface area contributed by atoms with Crippen LogP contribution in [0.25, 0.3) is 0 Å². The highest BCUT2D eigenvalue weighted by atomic mass is 35.5. The van der Waals surface area contributed by atoms with Crippen LogP contribution in [0.1, 0.15) is 24.3 Å². The van der Waals surface area contributed by atoms with E-state index >= 15 is 0 Å². The average molecular weight is 256 g/mol. The van der Waals surface area contributed by atoms with Crippen molar-refractivity contribution in [2.24, 2.45) is 0 Å². The molecule has 0 saturated heterocycles. The number of rotatable bonds is 6. The minimum Gasteiger partial charge on any atom is -0.303 e. The second kappa shape index (κ2) is 6.10. The Kier molecular flexibility index (Phi) is 4.78. The molecule has 1 unspecified atom stereocenters. The second-order valence-electron chi connectivity index (χ2n) is 3.51. The number of aldehydes is 1. The van der Waals surface area contributed by atoms with Crippen LogP contribution < -0.4 is 0 Å². The van der Waals surface area contributed by atoms with Gasteiger partial charge in [0.1, 0.15) is 6.29 Å². The molecule has 0 fully saturated rings. The average Bonchev–Trinajstić information content (AvgIpc) is 2.28. The summed E-state index contributed by atoms with van der Waals surface area (Å²) in [6.07, 6.45) is 0.903. The van der Waals surface area contributed by atoms with Gasteiger partial charge in [0, 0.05) is 25.0 Å². The molecule has 0 bridgehead atoms. The van der Waals surface area contributed by atoms with E-state index < -0.39 is 10.2 Å². The van der Waals surface area contributed by atoms with Gasteiger partial charge in [0.25, 0.3) is 5.69 Å². The normalized spacial score (nSPS) is 11.8. The molecule has 17 heavy (non-hydrogen) atoms. The van der Waals surface area contributed by atoms with Crippen molar-refractivity contribution in [3.63, 3.8) is 0 Å². The molecule has 1 aromatic rings. The first-order chi connectivity index (χ1) is 8.04. The highest BCUT2D eigenvalue weighted by Gasteiger charge is 2.15. The third-order valence-corrected chi connectivity index (χ3v) is 2.52. The Bertz CT molecular complexity index is 430. The number of halogens is 1. The number of nitro groups is 1. The van der Waals surface area contributed by atoms with E-state index in [2.05, 4.69) is 0 Å². The number of nitro benzene ring substituents is 1. The zero-order valence-corrected chi connectivity index (χ0v) is 9.59. The van der Waals surface area contributed by atoms with Gasteiger partial charge in [0.2, 0.25) is 5.24 Å². The first-order valence-electron chi connectivity index (χ1n) is 4.91. The van der Waals surface area contributed by atoms with Crippen molar-refractivity contribution in [2.75, 3.05) is 0 Å². The lowest BCUT2D eigenvalue weighted by molar-refractivity contribution is -0.384. The molecule has 90 valence electrons. The van der Waals surface area contributed by atoms with Crippen LogP contribution >= 0.6 is 11.6 Å². The van der Waals surface area contributed by atoms with Gasteiger partial charge < -0.3 is 4.79 Å². The van der Waals surface area contributed by atoms with Crippen LogP contribution in [0.5, 0.6) is 0 Å². The van der Waals surface area contributed by atoms with Crippen molar-refractivity contribution in [3.05, 3.63) is 39.9 Å².